The summed E-state index contributed by atoms with van der Waals surface area (Å²) in [4.78, 5) is 13.9. The maximum absolute atomic E-state index is 12.1. The zero-order valence-corrected chi connectivity index (χ0v) is 12.6. The average Bonchev–Trinajstić information content (AvgIpc) is 2.77. The average molecular weight is 304 g/mol. The molecule has 1 heterocycles. The van der Waals surface area contributed by atoms with E-state index >= 15 is 0 Å². The van der Waals surface area contributed by atoms with Gasteiger partial charge in [0.2, 0.25) is 0 Å². The molecule has 4 heteroatoms. The van der Waals surface area contributed by atoms with Gasteiger partial charge in [-0.25, -0.2) is 0 Å². The van der Waals surface area contributed by atoms with Gasteiger partial charge in [0, 0.05) is 12.1 Å². The van der Waals surface area contributed by atoms with Gasteiger partial charge in [-0.3, -0.25) is 4.79 Å². The number of likely N-dealkylation sites (N-methyl/N-ethyl adjacent to an activating group) is 1. The van der Waals surface area contributed by atoms with Crippen molar-refractivity contribution in [2.24, 2.45) is 0 Å². The van der Waals surface area contributed by atoms with Crippen LogP contribution in [-0.2, 0) is 0 Å². The van der Waals surface area contributed by atoms with Gasteiger partial charge in [0.15, 0.2) is 0 Å². The van der Waals surface area contributed by atoms with Crippen LogP contribution in [0.2, 0.25) is 5.02 Å². The predicted molar refractivity (Wildman–Crippen MR) is 84.1 cm³/mol. The highest BCUT2D eigenvalue weighted by atomic mass is 35.5. The van der Waals surface area contributed by atoms with Crippen molar-refractivity contribution in [3.63, 3.8) is 0 Å². The number of amides is 1. The first-order valence-electron chi connectivity index (χ1n) is 6.40. The van der Waals surface area contributed by atoms with Crippen molar-refractivity contribution in [2.75, 3.05) is 7.05 Å². The summed E-state index contributed by atoms with van der Waals surface area (Å²) in [7, 11) is 1.86. The minimum atomic E-state index is 0.0647. The normalized spacial score (nSPS) is 22.3. The smallest absolute Gasteiger partial charge is 0.282 e. The van der Waals surface area contributed by atoms with E-state index in [-0.39, 0.29) is 16.5 Å². The molecule has 0 spiro atoms. The molecule has 0 bridgehead atoms. The summed E-state index contributed by atoms with van der Waals surface area (Å²) < 4.78 is 0. The van der Waals surface area contributed by atoms with Crippen molar-refractivity contribution in [2.45, 2.75) is 11.3 Å². The SMILES string of the molecule is CN1C(=O)SC(c2ccc(Cl)cc2)C1c1ccccc1. The Kier molecular flexibility index (Phi) is 3.72. The van der Waals surface area contributed by atoms with Gasteiger partial charge in [-0.1, -0.05) is 65.8 Å². The lowest BCUT2D eigenvalue weighted by Crippen LogP contribution is -2.23. The minimum absolute atomic E-state index is 0.0647. The lowest BCUT2D eigenvalue weighted by Gasteiger charge is -2.24. The Morgan fingerprint density at radius 3 is 2.30 bits per heavy atom. The molecule has 2 aromatic rings. The quantitative estimate of drug-likeness (QED) is 0.784. The molecule has 0 radical (unpaired) electrons. The van der Waals surface area contributed by atoms with E-state index in [2.05, 4.69) is 12.1 Å². The second-order valence-electron chi connectivity index (χ2n) is 4.82. The van der Waals surface area contributed by atoms with Crippen LogP contribution >= 0.6 is 23.4 Å². The molecule has 0 aromatic heterocycles. The molecule has 1 amide bonds. The molecule has 2 unspecified atom stereocenters. The van der Waals surface area contributed by atoms with Crippen molar-refractivity contribution >= 4 is 28.6 Å². The van der Waals surface area contributed by atoms with E-state index in [0.717, 1.165) is 11.1 Å². The molecule has 3 rings (SSSR count). The Bertz CT molecular complexity index is 614. The molecule has 2 aromatic carbocycles. The van der Waals surface area contributed by atoms with E-state index in [1.54, 1.807) is 0 Å². The van der Waals surface area contributed by atoms with Gasteiger partial charge in [0.1, 0.15) is 0 Å². The topological polar surface area (TPSA) is 20.3 Å². The fraction of sp³-hybridized carbons (Fsp3) is 0.188. The standard InChI is InChI=1S/C16H14ClNOS/c1-18-14(11-5-3-2-4-6-11)15(20-16(18)19)12-7-9-13(17)10-8-12/h2-10,14-15H,1H3. The predicted octanol–water partition coefficient (Wildman–Crippen LogP) is 4.92. The number of halogens is 1. The molecule has 1 aliphatic rings. The largest absolute Gasteiger partial charge is 0.328 e. The number of rotatable bonds is 2. The molecule has 1 fully saturated rings. The zero-order chi connectivity index (χ0) is 14.1. The number of hydrogen-bond donors (Lipinski definition) is 0. The Balaban J connectivity index is 2.00. The number of benzene rings is 2. The number of hydrogen-bond acceptors (Lipinski definition) is 2. The highest BCUT2D eigenvalue weighted by Gasteiger charge is 2.40. The van der Waals surface area contributed by atoms with Crippen molar-refractivity contribution in [1.29, 1.82) is 0 Å². The van der Waals surface area contributed by atoms with E-state index in [0.29, 0.717) is 5.02 Å². The fourth-order valence-electron chi connectivity index (χ4n) is 2.52. The summed E-state index contributed by atoms with van der Waals surface area (Å²) in [6.45, 7) is 0. The highest BCUT2D eigenvalue weighted by molar-refractivity contribution is 8.14. The Morgan fingerprint density at radius 2 is 1.65 bits per heavy atom. The third kappa shape index (κ3) is 2.43. The maximum atomic E-state index is 12.1. The lowest BCUT2D eigenvalue weighted by atomic mass is 9.97. The molecule has 0 saturated carbocycles. The van der Waals surface area contributed by atoms with Gasteiger partial charge in [0.25, 0.3) is 5.24 Å². The van der Waals surface area contributed by atoms with Crippen LogP contribution in [0.5, 0.6) is 0 Å². The molecular weight excluding hydrogens is 290 g/mol. The molecule has 20 heavy (non-hydrogen) atoms. The zero-order valence-electron chi connectivity index (χ0n) is 11.0. The van der Waals surface area contributed by atoms with Crippen molar-refractivity contribution < 1.29 is 4.79 Å². The highest BCUT2D eigenvalue weighted by Crippen LogP contribution is 2.50. The van der Waals surface area contributed by atoms with Crippen molar-refractivity contribution in [1.82, 2.24) is 4.90 Å². The first-order chi connectivity index (χ1) is 9.66. The summed E-state index contributed by atoms with van der Waals surface area (Å²) in [5.74, 6) is 0. The van der Waals surface area contributed by atoms with Crippen LogP contribution in [0.25, 0.3) is 0 Å². The molecule has 0 N–H and O–H groups in total. The number of nitrogens with zero attached hydrogens (tertiary/aromatic N) is 1. The molecule has 2 nitrogen and oxygen atoms in total. The summed E-state index contributed by atoms with van der Waals surface area (Å²) >= 11 is 7.32. The Morgan fingerprint density at radius 1 is 1.00 bits per heavy atom. The van der Waals surface area contributed by atoms with Gasteiger partial charge >= 0.3 is 0 Å². The maximum Gasteiger partial charge on any atom is 0.282 e. The van der Waals surface area contributed by atoms with Gasteiger partial charge in [-0.15, -0.1) is 0 Å². The first kappa shape index (κ1) is 13.5. The molecule has 1 aliphatic heterocycles. The van der Waals surface area contributed by atoms with E-state index in [4.69, 9.17) is 11.6 Å². The van der Waals surface area contributed by atoms with Crippen molar-refractivity contribution in [3.8, 4) is 0 Å². The fourth-order valence-corrected chi connectivity index (χ4v) is 3.91. The van der Waals surface area contributed by atoms with E-state index in [9.17, 15) is 4.79 Å². The van der Waals surface area contributed by atoms with E-state index in [1.165, 1.54) is 11.8 Å². The molecule has 0 aliphatic carbocycles. The molecule has 1 saturated heterocycles. The lowest BCUT2D eigenvalue weighted by molar-refractivity contribution is 0.221. The van der Waals surface area contributed by atoms with Crippen LogP contribution in [0.15, 0.2) is 54.6 Å². The summed E-state index contributed by atoms with van der Waals surface area (Å²) in [6.07, 6.45) is 0. The number of carbonyl (C=O) groups excluding carboxylic acids is 1. The first-order valence-corrected chi connectivity index (χ1v) is 7.66. The van der Waals surface area contributed by atoms with Crippen molar-refractivity contribution in [3.05, 3.63) is 70.7 Å². The number of carbonyl (C=O) groups is 1. The third-order valence-corrected chi connectivity index (χ3v) is 5.08. The van der Waals surface area contributed by atoms with Gasteiger partial charge in [-0.2, -0.15) is 0 Å². The summed E-state index contributed by atoms with van der Waals surface area (Å²) in [5, 5.41) is 0.929. The Labute approximate surface area is 127 Å². The van der Waals surface area contributed by atoms with Gasteiger partial charge in [-0.05, 0) is 23.3 Å². The second kappa shape index (κ2) is 5.51. The summed E-state index contributed by atoms with van der Waals surface area (Å²) in [6, 6.07) is 18.0. The van der Waals surface area contributed by atoms with Crippen LogP contribution in [-0.4, -0.2) is 17.2 Å². The van der Waals surface area contributed by atoms with E-state index < -0.39 is 0 Å². The van der Waals surface area contributed by atoms with Crippen LogP contribution in [0.1, 0.15) is 22.4 Å². The van der Waals surface area contributed by atoms with Crippen LogP contribution in [0, 0.1) is 0 Å². The minimum Gasteiger partial charge on any atom is -0.328 e. The van der Waals surface area contributed by atoms with Gasteiger partial charge in [0.05, 0.1) is 11.3 Å². The molecular formula is C16H14ClNOS. The van der Waals surface area contributed by atoms with Crippen LogP contribution in [0.3, 0.4) is 0 Å². The van der Waals surface area contributed by atoms with E-state index in [1.807, 2.05) is 54.4 Å². The Hall–Kier alpha value is -1.45. The molecule has 2 atom stereocenters. The number of thioether (sulfide) groups is 1. The summed E-state index contributed by atoms with van der Waals surface area (Å²) in [5.41, 5.74) is 2.29. The van der Waals surface area contributed by atoms with Crippen LogP contribution in [0.4, 0.5) is 4.79 Å². The monoisotopic (exact) mass is 303 g/mol. The molecule has 102 valence electrons. The third-order valence-electron chi connectivity index (χ3n) is 3.56. The van der Waals surface area contributed by atoms with Crippen LogP contribution < -0.4 is 0 Å². The second-order valence-corrected chi connectivity index (χ2v) is 6.35. The van der Waals surface area contributed by atoms with Gasteiger partial charge < -0.3 is 4.90 Å².